The molecule has 0 saturated heterocycles. The van der Waals surface area contributed by atoms with E-state index in [-0.39, 0.29) is 18.4 Å². The van der Waals surface area contributed by atoms with E-state index in [1.807, 2.05) is 38.1 Å². The SMILES string of the molecule is CCOc1cc2c(cc1OCC)C[NH+](CC(=O)N1CC(=O)Nc3ccccc31)CC2. The molecular formula is C23H28N3O4+. The van der Waals surface area contributed by atoms with Gasteiger partial charge in [-0.2, -0.15) is 0 Å². The number of ether oxygens (including phenoxy) is 2. The number of quaternary nitrogens is 1. The first-order valence-electron chi connectivity index (χ1n) is 10.5. The Labute approximate surface area is 176 Å². The maximum Gasteiger partial charge on any atom is 0.282 e. The molecule has 0 aromatic heterocycles. The summed E-state index contributed by atoms with van der Waals surface area (Å²) in [6, 6.07) is 11.6. The third kappa shape index (κ3) is 4.11. The van der Waals surface area contributed by atoms with Crippen LogP contribution in [0.15, 0.2) is 36.4 Å². The molecule has 2 amide bonds. The fourth-order valence-electron chi connectivity index (χ4n) is 4.16. The van der Waals surface area contributed by atoms with Crippen LogP contribution in [0.25, 0.3) is 0 Å². The van der Waals surface area contributed by atoms with Crippen LogP contribution in [0, 0.1) is 0 Å². The molecule has 2 heterocycles. The van der Waals surface area contributed by atoms with E-state index in [1.165, 1.54) is 16.0 Å². The Morgan fingerprint density at radius 1 is 1.10 bits per heavy atom. The fraction of sp³-hybridized carbons (Fsp3) is 0.391. The first-order valence-corrected chi connectivity index (χ1v) is 10.5. The highest BCUT2D eigenvalue weighted by atomic mass is 16.5. The van der Waals surface area contributed by atoms with Crippen LogP contribution in [-0.2, 0) is 22.6 Å². The van der Waals surface area contributed by atoms with Crippen molar-refractivity contribution in [3.63, 3.8) is 0 Å². The van der Waals surface area contributed by atoms with Crippen LogP contribution < -0.4 is 24.6 Å². The van der Waals surface area contributed by atoms with Crippen molar-refractivity contribution in [3.05, 3.63) is 47.5 Å². The van der Waals surface area contributed by atoms with E-state index in [9.17, 15) is 9.59 Å². The number of carbonyl (C=O) groups is 2. The predicted molar refractivity (Wildman–Crippen MR) is 114 cm³/mol. The van der Waals surface area contributed by atoms with E-state index in [0.29, 0.717) is 25.4 Å². The zero-order valence-electron chi connectivity index (χ0n) is 17.5. The van der Waals surface area contributed by atoms with Gasteiger partial charge in [-0.15, -0.1) is 0 Å². The second-order valence-electron chi connectivity index (χ2n) is 7.58. The van der Waals surface area contributed by atoms with Gasteiger partial charge in [0.1, 0.15) is 13.1 Å². The number of nitrogens with one attached hydrogen (secondary N) is 2. The number of nitrogens with zero attached hydrogens (tertiary/aromatic N) is 1. The van der Waals surface area contributed by atoms with Gasteiger partial charge in [-0.3, -0.25) is 14.5 Å². The molecule has 2 aliphatic rings. The lowest BCUT2D eigenvalue weighted by molar-refractivity contribution is -0.907. The molecule has 0 bridgehead atoms. The summed E-state index contributed by atoms with van der Waals surface area (Å²) in [5.41, 5.74) is 3.89. The molecule has 0 spiro atoms. The number of para-hydroxylation sites is 2. The second-order valence-corrected chi connectivity index (χ2v) is 7.58. The lowest BCUT2D eigenvalue weighted by atomic mass is 9.98. The van der Waals surface area contributed by atoms with Crippen LogP contribution in [0.3, 0.4) is 0 Å². The molecule has 2 N–H and O–H groups in total. The van der Waals surface area contributed by atoms with Gasteiger partial charge in [0.25, 0.3) is 5.91 Å². The van der Waals surface area contributed by atoms with E-state index in [4.69, 9.17) is 9.47 Å². The number of carbonyl (C=O) groups excluding carboxylic acids is 2. The summed E-state index contributed by atoms with van der Waals surface area (Å²) in [6.45, 7) is 7.10. The number of amides is 2. The Kier molecular flexibility index (Phi) is 5.90. The van der Waals surface area contributed by atoms with Crippen LogP contribution in [0.1, 0.15) is 25.0 Å². The quantitative estimate of drug-likeness (QED) is 0.756. The lowest BCUT2D eigenvalue weighted by Gasteiger charge is -2.31. The van der Waals surface area contributed by atoms with Crippen molar-refractivity contribution in [1.29, 1.82) is 0 Å². The van der Waals surface area contributed by atoms with Gasteiger partial charge >= 0.3 is 0 Å². The minimum atomic E-state index is -0.161. The van der Waals surface area contributed by atoms with Crippen molar-refractivity contribution in [2.45, 2.75) is 26.8 Å². The first-order chi connectivity index (χ1) is 14.6. The summed E-state index contributed by atoms with van der Waals surface area (Å²) in [6.07, 6.45) is 0.876. The Morgan fingerprint density at radius 2 is 1.80 bits per heavy atom. The van der Waals surface area contributed by atoms with Crippen molar-refractivity contribution >= 4 is 23.2 Å². The van der Waals surface area contributed by atoms with Crippen molar-refractivity contribution in [2.75, 3.05) is 43.1 Å². The van der Waals surface area contributed by atoms with Gasteiger partial charge in [0.15, 0.2) is 18.0 Å². The molecule has 158 valence electrons. The molecule has 1 unspecified atom stereocenters. The summed E-state index contributed by atoms with van der Waals surface area (Å²) < 4.78 is 11.5. The summed E-state index contributed by atoms with van der Waals surface area (Å²) in [4.78, 5) is 27.9. The van der Waals surface area contributed by atoms with Gasteiger partial charge in [0.2, 0.25) is 5.91 Å². The molecular weight excluding hydrogens is 382 g/mol. The molecule has 0 saturated carbocycles. The van der Waals surface area contributed by atoms with Gasteiger partial charge < -0.3 is 19.7 Å². The molecule has 7 nitrogen and oxygen atoms in total. The normalized spacial score (nSPS) is 17.6. The van der Waals surface area contributed by atoms with E-state index < -0.39 is 0 Å². The highest BCUT2D eigenvalue weighted by Gasteiger charge is 2.31. The molecule has 2 aliphatic heterocycles. The second kappa shape index (κ2) is 8.75. The van der Waals surface area contributed by atoms with E-state index >= 15 is 0 Å². The minimum Gasteiger partial charge on any atom is -0.490 e. The van der Waals surface area contributed by atoms with E-state index in [1.54, 1.807) is 4.90 Å². The van der Waals surface area contributed by atoms with Gasteiger partial charge in [-0.05, 0) is 43.7 Å². The summed E-state index contributed by atoms with van der Waals surface area (Å²) in [5.74, 6) is 1.35. The van der Waals surface area contributed by atoms with Crippen LogP contribution >= 0.6 is 0 Å². The summed E-state index contributed by atoms with van der Waals surface area (Å²) in [7, 11) is 0. The summed E-state index contributed by atoms with van der Waals surface area (Å²) >= 11 is 0. The summed E-state index contributed by atoms with van der Waals surface area (Å²) in [5, 5.41) is 2.83. The average Bonchev–Trinajstić information content (AvgIpc) is 2.74. The zero-order chi connectivity index (χ0) is 21.1. The number of hydrogen-bond donors (Lipinski definition) is 2. The fourth-order valence-corrected chi connectivity index (χ4v) is 4.16. The van der Waals surface area contributed by atoms with Crippen molar-refractivity contribution < 1.29 is 24.0 Å². The van der Waals surface area contributed by atoms with Gasteiger partial charge in [0, 0.05) is 12.0 Å². The van der Waals surface area contributed by atoms with Crippen molar-refractivity contribution in [3.8, 4) is 11.5 Å². The van der Waals surface area contributed by atoms with Crippen LogP contribution in [0.5, 0.6) is 11.5 Å². The minimum absolute atomic E-state index is 0.0354. The molecule has 4 rings (SSSR count). The van der Waals surface area contributed by atoms with Crippen LogP contribution in [0.2, 0.25) is 0 Å². The molecule has 2 aromatic rings. The van der Waals surface area contributed by atoms with Crippen molar-refractivity contribution in [2.24, 2.45) is 0 Å². The molecule has 2 aromatic carbocycles. The molecule has 7 heteroatoms. The molecule has 0 fully saturated rings. The van der Waals surface area contributed by atoms with Gasteiger partial charge in [-0.1, -0.05) is 12.1 Å². The monoisotopic (exact) mass is 410 g/mol. The Hall–Kier alpha value is -3.06. The number of benzene rings is 2. The number of fused-ring (bicyclic) bond motifs is 2. The Balaban J connectivity index is 1.49. The zero-order valence-corrected chi connectivity index (χ0v) is 17.5. The highest BCUT2D eigenvalue weighted by molar-refractivity contribution is 6.10. The molecule has 0 radical (unpaired) electrons. The van der Waals surface area contributed by atoms with E-state index in [0.717, 1.165) is 36.7 Å². The maximum atomic E-state index is 13.1. The lowest BCUT2D eigenvalue weighted by Crippen LogP contribution is -3.13. The topological polar surface area (TPSA) is 72.3 Å². The smallest absolute Gasteiger partial charge is 0.282 e. The largest absolute Gasteiger partial charge is 0.490 e. The third-order valence-electron chi connectivity index (χ3n) is 5.53. The van der Waals surface area contributed by atoms with Crippen LogP contribution in [0.4, 0.5) is 11.4 Å². The molecule has 1 atom stereocenters. The first kappa shape index (κ1) is 20.2. The standard InChI is InChI=1S/C23H27N3O4/c1-3-29-20-11-16-9-10-25(13-17(16)12-21(20)30-4-2)15-23(28)26-14-22(27)24-18-7-5-6-8-19(18)26/h5-8,11-12H,3-4,9-10,13-15H2,1-2H3,(H,24,27)/p+1. The van der Waals surface area contributed by atoms with Gasteiger partial charge in [-0.25, -0.2) is 0 Å². The predicted octanol–water partition coefficient (Wildman–Crippen LogP) is 1.41. The average molecular weight is 410 g/mol. The van der Waals surface area contributed by atoms with Gasteiger partial charge in [0.05, 0.1) is 31.1 Å². The Bertz CT molecular complexity index is 959. The van der Waals surface area contributed by atoms with Crippen LogP contribution in [-0.4, -0.2) is 44.7 Å². The third-order valence-corrected chi connectivity index (χ3v) is 5.53. The highest BCUT2D eigenvalue weighted by Crippen LogP contribution is 2.32. The number of hydrogen-bond acceptors (Lipinski definition) is 4. The Morgan fingerprint density at radius 3 is 2.53 bits per heavy atom. The molecule has 0 aliphatic carbocycles. The maximum absolute atomic E-state index is 13.1. The van der Waals surface area contributed by atoms with E-state index in [2.05, 4.69) is 17.4 Å². The van der Waals surface area contributed by atoms with Crippen molar-refractivity contribution in [1.82, 2.24) is 0 Å². The molecule has 30 heavy (non-hydrogen) atoms. The number of anilines is 2. The number of rotatable bonds is 6.